The van der Waals surface area contributed by atoms with Crippen LogP contribution < -0.4 is 5.32 Å². The molecule has 3 heterocycles. The van der Waals surface area contributed by atoms with Crippen molar-refractivity contribution in [2.24, 2.45) is 0 Å². The maximum absolute atomic E-state index is 13.2. The summed E-state index contributed by atoms with van der Waals surface area (Å²) in [4.78, 5) is 26.3. The van der Waals surface area contributed by atoms with E-state index in [9.17, 15) is 9.90 Å². The summed E-state index contributed by atoms with van der Waals surface area (Å²) in [6, 6.07) is 8.56. The summed E-state index contributed by atoms with van der Waals surface area (Å²) in [5.41, 5.74) is 4.79. The number of aliphatic hydroxyl groups excluding tert-OH is 1. The third-order valence-electron chi connectivity index (χ3n) is 7.10. The number of rotatable bonds is 5. The van der Waals surface area contributed by atoms with Gasteiger partial charge in [-0.05, 0) is 69.1 Å². The van der Waals surface area contributed by atoms with Crippen LogP contribution in [0.15, 0.2) is 30.5 Å². The van der Waals surface area contributed by atoms with Crippen molar-refractivity contribution in [2.75, 3.05) is 46.7 Å². The van der Waals surface area contributed by atoms with Crippen molar-refractivity contribution in [3.05, 3.63) is 47.3 Å². The van der Waals surface area contributed by atoms with Crippen LogP contribution in [-0.2, 0) is 11.2 Å². The van der Waals surface area contributed by atoms with Crippen molar-refractivity contribution in [1.29, 1.82) is 0 Å². The van der Waals surface area contributed by atoms with Crippen LogP contribution in [0.3, 0.4) is 0 Å². The summed E-state index contributed by atoms with van der Waals surface area (Å²) in [6.07, 6.45) is 5.10. The lowest BCUT2D eigenvalue weighted by Crippen LogP contribution is -2.42. The van der Waals surface area contributed by atoms with E-state index >= 15 is 0 Å². The number of aliphatic hydroxyl groups is 1. The third-order valence-corrected chi connectivity index (χ3v) is 7.10. The molecule has 1 saturated heterocycles. The monoisotopic (exact) mass is 478 g/mol. The highest BCUT2D eigenvalue weighted by molar-refractivity contribution is 5.98. The Bertz CT molecular complexity index is 1240. The Kier molecular flexibility index (Phi) is 6.48. The van der Waals surface area contributed by atoms with Crippen LogP contribution in [0.1, 0.15) is 46.9 Å². The molecule has 1 fully saturated rings. The number of carbonyl (C=O) groups excluding carboxylic acids is 1. The second kappa shape index (κ2) is 9.56. The van der Waals surface area contributed by atoms with Crippen molar-refractivity contribution < 1.29 is 14.6 Å². The lowest BCUT2D eigenvalue weighted by molar-refractivity contribution is -0.0136. The van der Waals surface area contributed by atoms with Gasteiger partial charge in [0.25, 0.3) is 5.91 Å². The average Bonchev–Trinajstić information content (AvgIpc) is 3.22. The molecule has 1 aromatic carbocycles. The van der Waals surface area contributed by atoms with Crippen LogP contribution in [0.25, 0.3) is 16.7 Å². The Morgan fingerprint density at radius 3 is 2.77 bits per heavy atom. The molecule has 1 unspecified atom stereocenters. The number of benzene rings is 1. The minimum atomic E-state index is -0.619. The smallest absolute Gasteiger partial charge is 0.270 e. The fourth-order valence-corrected chi connectivity index (χ4v) is 5.21. The zero-order chi connectivity index (χ0) is 24.7. The summed E-state index contributed by atoms with van der Waals surface area (Å²) in [6.45, 7) is 0.874. The molecule has 9 heteroatoms. The molecular weight excluding hydrogens is 444 g/mol. The molecule has 2 aromatic heterocycles. The van der Waals surface area contributed by atoms with Gasteiger partial charge in [-0.2, -0.15) is 4.98 Å². The topological polar surface area (TPSA) is 95.8 Å². The molecule has 1 aliphatic carbocycles. The Morgan fingerprint density at radius 2 is 2.03 bits per heavy atom. The number of aromatic nitrogens is 3. The number of aryl methyl sites for hydroxylation is 1. The van der Waals surface area contributed by atoms with Crippen LogP contribution in [0.4, 0.5) is 5.95 Å². The molecule has 0 saturated carbocycles. The lowest BCUT2D eigenvalue weighted by atomic mass is 9.87. The molecule has 186 valence electrons. The summed E-state index contributed by atoms with van der Waals surface area (Å²) in [5, 5.41) is 14.3. The SMILES string of the molecule is CN(C)C(=O)c1cc2cnc(N[C@@H]3CCOC[C@H]3O)nc2n1-c1ccc2c(c1)CCCC2N(C)C. The van der Waals surface area contributed by atoms with Crippen LogP contribution in [0.5, 0.6) is 0 Å². The van der Waals surface area contributed by atoms with E-state index < -0.39 is 6.10 Å². The highest BCUT2D eigenvalue weighted by Crippen LogP contribution is 2.35. The fourth-order valence-electron chi connectivity index (χ4n) is 5.21. The molecule has 35 heavy (non-hydrogen) atoms. The first-order valence-electron chi connectivity index (χ1n) is 12.3. The number of nitrogens with one attached hydrogen (secondary N) is 1. The maximum Gasteiger partial charge on any atom is 0.270 e. The predicted molar refractivity (Wildman–Crippen MR) is 135 cm³/mol. The first kappa shape index (κ1) is 23.7. The van der Waals surface area contributed by atoms with Crippen molar-refractivity contribution in [3.63, 3.8) is 0 Å². The normalized spacial score (nSPS) is 22.3. The van der Waals surface area contributed by atoms with Gasteiger partial charge in [0.2, 0.25) is 5.95 Å². The Balaban J connectivity index is 1.61. The standard InChI is InChI=1S/C26H34N6O3/c1-30(2)21-7-5-6-16-12-18(8-9-19(16)21)32-22(25(34)31(3)4)13-17-14-27-26(29-24(17)32)28-20-10-11-35-15-23(20)33/h8-9,12-14,20-21,23,33H,5-7,10-11,15H2,1-4H3,(H,27,28,29)/t20-,21?,23-/m1/s1. The summed E-state index contributed by atoms with van der Waals surface area (Å²) in [7, 11) is 7.76. The Hall–Kier alpha value is -3.01. The van der Waals surface area contributed by atoms with Gasteiger partial charge in [-0.15, -0.1) is 0 Å². The van der Waals surface area contributed by atoms with E-state index in [4.69, 9.17) is 9.72 Å². The first-order valence-corrected chi connectivity index (χ1v) is 12.3. The molecule has 0 bridgehead atoms. The lowest BCUT2D eigenvalue weighted by Gasteiger charge is -2.31. The molecule has 9 nitrogen and oxygen atoms in total. The number of nitrogens with zero attached hydrogens (tertiary/aromatic N) is 5. The van der Waals surface area contributed by atoms with E-state index in [0.717, 1.165) is 30.3 Å². The van der Waals surface area contributed by atoms with Crippen LogP contribution in [0, 0.1) is 0 Å². The maximum atomic E-state index is 13.2. The van der Waals surface area contributed by atoms with Crippen molar-refractivity contribution in [2.45, 2.75) is 43.9 Å². The van der Waals surface area contributed by atoms with Gasteiger partial charge in [0.05, 0.1) is 18.8 Å². The second-order valence-electron chi connectivity index (χ2n) is 9.97. The van der Waals surface area contributed by atoms with Gasteiger partial charge in [0, 0.05) is 44.0 Å². The number of ether oxygens (including phenoxy) is 1. The number of amides is 1. The van der Waals surface area contributed by atoms with Crippen molar-refractivity contribution in [1.82, 2.24) is 24.3 Å². The number of fused-ring (bicyclic) bond motifs is 2. The molecular formula is C26H34N6O3. The summed E-state index contributed by atoms with van der Waals surface area (Å²) in [5.74, 6) is 0.332. The highest BCUT2D eigenvalue weighted by Gasteiger charge is 2.27. The molecule has 1 aliphatic heterocycles. The average molecular weight is 479 g/mol. The Morgan fingerprint density at radius 1 is 1.20 bits per heavy atom. The molecule has 2 aliphatic rings. The highest BCUT2D eigenvalue weighted by atomic mass is 16.5. The molecule has 3 atom stereocenters. The molecule has 0 radical (unpaired) electrons. The number of carbonyl (C=O) groups is 1. The van der Waals surface area contributed by atoms with E-state index in [2.05, 4.69) is 47.5 Å². The zero-order valence-electron chi connectivity index (χ0n) is 20.9. The van der Waals surface area contributed by atoms with Gasteiger partial charge in [0.15, 0.2) is 5.65 Å². The van der Waals surface area contributed by atoms with Crippen molar-refractivity contribution in [3.8, 4) is 5.69 Å². The van der Waals surface area contributed by atoms with Crippen molar-refractivity contribution >= 4 is 22.9 Å². The predicted octanol–water partition coefficient (Wildman–Crippen LogP) is 2.62. The molecule has 0 spiro atoms. The first-order chi connectivity index (χ1) is 16.8. The largest absolute Gasteiger partial charge is 0.389 e. The van der Waals surface area contributed by atoms with E-state index in [1.165, 1.54) is 11.1 Å². The van der Waals surface area contributed by atoms with Gasteiger partial charge in [-0.25, -0.2) is 4.98 Å². The van der Waals surface area contributed by atoms with E-state index in [-0.39, 0.29) is 11.9 Å². The van der Waals surface area contributed by atoms with Gasteiger partial charge in [-0.3, -0.25) is 9.36 Å². The fraction of sp³-hybridized carbons (Fsp3) is 0.500. The minimum absolute atomic E-state index is 0.0961. The number of hydrogen-bond acceptors (Lipinski definition) is 7. The number of hydrogen-bond donors (Lipinski definition) is 2. The van der Waals surface area contributed by atoms with Gasteiger partial charge < -0.3 is 25.0 Å². The zero-order valence-corrected chi connectivity index (χ0v) is 20.9. The van der Waals surface area contributed by atoms with Gasteiger partial charge in [-0.1, -0.05) is 6.07 Å². The molecule has 5 rings (SSSR count). The minimum Gasteiger partial charge on any atom is -0.389 e. The third kappa shape index (κ3) is 4.51. The molecule has 3 aromatic rings. The van der Waals surface area contributed by atoms with E-state index in [1.807, 2.05) is 10.6 Å². The van der Waals surface area contributed by atoms with E-state index in [0.29, 0.717) is 43.0 Å². The summed E-state index contributed by atoms with van der Waals surface area (Å²) >= 11 is 0. The van der Waals surface area contributed by atoms with Crippen LogP contribution >= 0.6 is 0 Å². The van der Waals surface area contributed by atoms with Gasteiger partial charge >= 0.3 is 0 Å². The quantitative estimate of drug-likeness (QED) is 0.582. The Labute approximate surface area is 205 Å². The number of anilines is 1. The molecule has 1 amide bonds. The van der Waals surface area contributed by atoms with Crippen LogP contribution in [0.2, 0.25) is 0 Å². The second-order valence-corrected chi connectivity index (χ2v) is 9.97. The molecule has 2 N–H and O–H groups in total. The van der Waals surface area contributed by atoms with Gasteiger partial charge in [0.1, 0.15) is 5.69 Å². The van der Waals surface area contributed by atoms with E-state index in [1.54, 1.807) is 25.2 Å². The summed E-state index contributed by atoms with van der Waals surface area (Å²) < 4.78 is 7.27. The van der Waals surface area contributed by atoms with Crippen LogP contribution in [-0.4, -0.2) is 88.9 Å².